The van der Waals surface area contributed by atoms with Crippen LogP contribution in [0.3, 0.4) is 0 Å². The van der Waals surface area contributed by atoms with Crippen LogP contribution in [0.2, 0.25) is 0 Å². The third-order valence-electron chi connectivity index (χ3n) is 4.84. The van der Waals surface area contributed by atoms with Gasteiger partial charge in [-0.05, 0) is 29.2 Å². The normalized spacial score (nSPS) is 16.7. The Hall–Kier alpha value is -2.17. The van der Waals surface area contributed by atoms with Crippen LogP contribution in [0.25, 0.3) is 10.8 Å². The zero-order valence-corrected chi connectivity index (χ0v) is 13.8. The van der Waals surface area contributed by atoms with Crippen molar-refractivity contribution < 1.29 is 4.74 Å². The number of rotatable bonds is 5. The van der Waals surface area contributed by atoms with Crippen LogP contribution >= 0.6 is 0 Å². The highest BCUT2D eigenvalue weighted by atomic mass is 16.5. The minimum absolute atomic E-state index is 0.358. The Kier molecular flexibility index (Phi) is 4.58. The predicted molar refractivity (Wildman–Crippen MR) is 95.6 cm³/mol. The summed E-state index contributed by atoms with van der Waals surface area (Å²) in [5.74, 6) is 0. The molecule has 1 N–H and O–H groups in total. The number of hydrogen-bond donors (Lipinski definition) is 1. The molecule has 4 nitrogen and oxygen atoms in total. The standard InChI is InChI=1S/C20H23N3O/c1-2-7-20-16(4-1)5-3-6-17(20)13-23-10-8-19(9-11-23)24-14-18-12-21-15-22-18/h1-7,12,15,19H,8-11,13-14H2,(H,21,22). The first-order valence-electron chi connectivity index (χ1n) is 8.66. The molecule has 0 bridgehead atoms. The van der Waals surface area contributed by atoms with E-state index in [9.17, 15) is 0 Å². The number of imidazole rings is 1. The third kappa shape index (κ3) is 3.50. The lowest BCUT2D eigenvalue weighted by Crippen LogP contribution is -2.36. The van der Waals surface area contributed by atoms with Gasteiger partial charge < -0.3 is 9.72 Å². The molecule has 1 saturated heterocycles. The van der Waals surface area contributed by atoms with Gasteiger partial charge in [0, 0.05) is 19.6 Å². The largest absolute Gasteiger partial charge is 0.372 e. The summed E-state index contributed by atoms with van der Waals surface area (Å²) < 4.78 is 6.00. The minimum atomic E-state index is 0.358. The lowest BCUT2D eigenvalue weighted by molar-refractivity contribution is -0.00504. The average Bonchev–Trinajstić information content (AvgIpc) is 3.15. The van der Waals surface area contributed by atoms with Gasteiger partial charge in [-0.3, -0.25) is 4.90 Å². The molecule has 1 aliphatic rings. The van der Waals surface area contributed by atoms with E-state index >= 15 is 0 Å². The molecule has 0 amide bonds. The van der Waals surface area contributed by atoms with Gasteiger partial charge in [0.15, 0.2) is 0 Å². The van der Waals surface area contributed by atoms with Crippen molar-refractivity contribution in [1.82, 2.24) is 14.9 Å². The first kappa shape index (κ1) is 15.4. The average molecular weight is 321 g/mol. The number of aromatic amines is 1. The van der Waals surface area contributed by atoms with Crippen molar-refractivity contribution >= 4 is 10.8 Å². The van der Waals surface area contributed by atoms with Crippen LogP contribution in [-0.2, 0) is 17.9 Å². The maximum Gasteiger partial charge on any atom is 0.0922 e. The number of nitrogens with one attached hydrogen (secondary N) is 1. The van der Waals surface area contributed by atoms with E-state index in [4.69, 9.17) is 4.74 Å². The monoisotopic (exact) mass is 321 g/mol. The van der Waals surface area contributed by atoms with E-state index in [0.29, 0.717) is 12.7 Å². The van der Waals surface area contributed by atoms with Crippen molar-refractivity contribution in [2.24, 2.45) is 0 Å². The van der Waals surface area contributed by atoms with Crippen LogP contribution in [0.15, 0.2) is 55.0 Å². The van der Waals surface area contributed by atoms with Crippen LogP contribution in [0.1, 0.15) is 24.1 Å². The van der Waals surface area contributed by atoms with Gasteiger partial charge in [-0.1, -0.05) is 42.5 Å². The lowest BCUT2D eigenvalue weighted by atomic mass is 10.0. The molecule has 0 saturated carbocycles. The Labute approximate surface area is 142 Å². The predicted octanol–water partition coefficient (Wildman–Crippen LogP) is 3.74. The van der Waals surface area contributed by atoms with Crippen LogP contribution in [0, 0.1) is 0 Å². The van der Waals surface area contributed by atoms with Crippen LogP contribution in [-0.4, -0.2) is 34.1 Å². The van der Waals surface area contributed by atoms with Crippen LogP contribution in [0.5, 0.6) is 0 Å². The van der Waals surface area contributed by atoms with Gasteiger partial charge in [0.25, 0.3) is 0 Å². The fraction of sp³-hybridized carbons (Fsp3) is 0.350. The summed E-state index contributed by atoms with van der Waals surface area (Å²) in [5, 5.41) is 2.70. The van der Waals surface area contributed by atoms with E-state index in [-0.39, 0.29) is 0 Å². The molecule has 0 radical (unpaired) electrons. The number of fused-ring (bicyclic) bond motifs is 1. The van der Waals surface area contributed by atoms with Crippen molar-refractivity contribution in [3.05, 3.63) is 66.2 Å². The zero-order chi connectivity index (χ0) is 16.2. The molecule has 124 valence electrons. The van der Waals surface area contributed by atoms with Crippen LogP contribution < -0.4 is 0 Å². The number of H-pyrrole nitrogens is 1. The molecule has 4 rings (SSSR count). The molecule has 4 heteroatoms. The Morgan fingerprint density at radius 1 is 1.08 bits per heavy atom. The molecule has 0 aliphatic carbocycles. The Bertz CT molecular complexity index is 771. The summed E-state index contributed by atoms with van der Waals surface area (Å²) in [6.07, 6.45) is 6.08. The van der Waals surface area contributed by atoms with Crippen molar-refractivity contribution in [3.8, 4) is 0 Å². The molecule has 0 atom stereocenters. The summed E-state index contributed by atoms with van der Waals surface area (Å²) >= 11 is 0. The first-order chi connectivity index (χ1) is 11.9. The highest BCUT2D eigenvalue weighted by Crippen LogP contribution is 2.22. The molecule has 1 aliphatic heterocycles. The van der Waals surface area contributed by atoms with Crippen LogP contribution in [0.4, 0.5) is 0 Å². The van der Waals surface area contributed by atoms with Crippen molar-refractivity contribution in [3.63, 3.8) is 0 Å². The fourth-order valence-electron chi connectivity index (χ4n) is 3.48. The number of ether oxygens (including phenoxy) is 1. The second kappa shape index (κ2) is 7.16. The molecule has 3 aromatic rings. The number of likely N-dealkylation sites (tertiary alicyclic amines) is 1. The summed E-state index contributed by atoms with van der Waals surface area (Å²) in [4.78, 5) is 9.65. The number of hydrogen-bond acceptors (Lipinski definition) is 3. The van der Waals surface area contributed by atoms with E-state index < -0.39 is 0 Å². The quantitative estimate of drug-likeness (QED) is 0.778. The molecule has 2 heterocycles. The molecule has 0 unspecified atom stereocenters. The van der Waals surface area contributed by atoms with Crippen molar-refractivity contribution in [1.29, 1.82) is 0 Å². The number of nitrogens with zero attached hydrogens (tertiary/aromatic N) is 2. The van der Waals surface area contributed by atoms with Gasteiger partial charge >= 0.3 is 0 Å². The topological polar surface area (TPSA) is 41.1 Å². The number of benzene rings is 2. The van der Waals surface area contributed by atoms with E-state index in [2.05, 4.69) is 57.3 Å². The van der Waals surface area contributed by atoms with Gasteiger partial charge in [-0.25, -0.2) is 4.98 Å². The molecule has 0 spiro atoms. The lowest BCUT2D eigenvalue weighted by Gasteiger charge is -2.32. The molecule has 24 heavy (non-hydrogen) atoms. The summed E-state index contributed by atoms with van der Waals surface area (Å²) in [6, 6.07) is 15.3. The minimum Gasteiger partial charge on any atom is -0.372 e. The molecule has 1 aromatic heterocycles. The molecule has 2 aromatic carbocycles. The van der Waals surface area contributed by atoms with Gasteiger partial charge in [0.05, 0.1) is 30.9 Å². The Morgan fingerprint density at radius 2 is 1.92 bits per heavy atom. The SMILES string of the molecule is c1ccc2c(CN3CCC(OCc4cnc[nH]4)CC3)cccc2c1. The highest BCUT2D eigenvalue weighted by Gasteiger charge is 2.20. The maximum absolute atomic E-state index is 6.00. The maximum atomic E-state index is 6.00. The molecule has 1 fully saturated rings. The molecular weight excluding hydrogens is 298 g/mol. The van der Waals surface area contributed by atoms with Gasteiger partial charge in [0.2, 0.25) is 0 Å². The molecular formula is C20H23N3O. The van der Waals surface area contributed by atoms with Crippen molar-refractivity contribution in [2.45, 2.75) is 32.1 Å². The summed E-state index contributed by atoms with van der Waals surface area (Å²) in [6.45, 7) is 3.84. The number of piperidine rings is 1. The van der Waals surface area contributed by atoms with Crippen molar-refractivity contribution in [2.75, 3.05) is 13.1 Å². The van der Waals surface area contributed by atoms with E-state index in [1.807, 2.05) is 6.20 Å². The number of aromatic nitrogens is 2. The zero-order valence-electron chi connectivity index (χ0n) is 13.8. The van der Waals surface area contributed by atoms with Gasteiger partial charge in [-0.2, -0.15) is 0 Å². The second-order valence-electron chi connectivity index (χ2n) is 6.50. The third-order valence-corrected chi connectivity index (χ3v) is 4.84. The second-order valence-corrected chi connectivity index (χ2v) is 6.50. The van der Waals surface area contributed by atoms with E-state index in [0.717, 1.165) is 38.2 Å². The summed E-state index contributed by atoms with van der Waals surface area (Å²) in [5.41, 5.74) is 2.47. The first-order valence-corrected chi connectivity index (χ1v) is 8.66. The fourth-order valence-corrected chi connectivity index (χ4v) is 3.48. The van der Waals surface area contributed by atoms with E-state index in [1.165, 1.54) is 16.3 Å². The summed E-state index contributed by atoms with van der Waals surface area (Å²) in [7, 11) is 0. The van der Waals surface area contributed by atoms with E-state index in [1.54, 1.807) is 6.33 Å². The smallest absolute Gasteiger partial charge is 0.0922 e. The van der Waals surface area contributed by atoms with Gasteiger partial charge in [-0.15, -0.1) is 0 Å². The Morgan fingerprint density at radius 3 is 2.75 bits per heavy atom. The van der Waals surface area contributed by atoms with Gasteiger partial charge in [0.1, 0.15) is 0 Å². The highest BCUT2D eigenvalue weighted by molar-refractivity contribution is 5.85. The Balaban J connectivity index is 1.32.